The fourth-order valence-corrected chi connectivity index (χ4v) is 4.09. The SMILES string of the molecule is CC(C)NC(=O)N1CCOCC2(CCN(Cc3nccs3)C2)C1. The Morgan fingerprint density at radius 2 is 2.35 bits per heavy atom. The Bertz CT molecular complexity index is 522. The molecule has 128 valence electrons. The Morgan fingerprint density at radius 3 is 3.09 bits per heavy atom. The van der Waals surface area contributed by atoms with Crippen molar-refractivity contribution >= 4 is 17.4 Å². The predicted octanol–water partition coefficient (Wildman–Crippen LogP) is 1.79. The van der Waals surface area contributed by atoms with Gasteiger partial charge in [-0.1, -0.05) is 0 Å². The molecule has 3 rings (SSSR count). The summed E-state index contributed by atoms with van der Waals surface area (Å²) >= 11 is 1.70. The molecule has 1 aromatic rings. The number of rotatable bonds is 3. The lowest BCUT2D eigenvalue weighted by atomic mass is 9.87. The topological polar surface area (TPSA) is 57.7 Å². The molecule has 2 amide bonds. The van der Waals surface area contributed by atoms with E-state index in [9.17, 15) is 4.79 Å². The van der Waals surface area contributed by atoms with Crippen LogP contribution in [0.3, 0.4) is 0 Å². The minimum atomic E-state index is 0.0308. The third-order valence-corrected chi connectivity index (χ3v) is 5.26. The molecule has 1 aromatic heterocycles. The van der Waals surface area contributed by atoms with Gasteiger partial charge in [-0.15, -0.1) is 11.3 Å². The van der Waals surface area contributed by atoms with Crippen molar-refractivity contribution in [3.8, 4) is 0 Å². The van der Waals surface area contributed by atoms with Gasteiger partial charge in [-0.2, -0.15) is 0 Å². The molecule has 1 atom stereocenters. The van der Waals surface area contributed by atoms with Gasteiger partial charge in [0.15, 0.2) is 0 Å². The third kappa shape index (κ3) is 4.22. The number of nitrogens with zero attached hydrogens (tertiary/aromatic N) is 3. The van der Waals surface area contributed by atoms with Gasteiger partial charge >= 0.3 is 6.03 Å². The molecule has 6 nitrogen and oxygen atoms in total. The van der Waals surface area contributed by atoms with E-state index in [1.165, 1.54) is 0 Å². The van der Waals surface area contributed by atoms with Gasteiger partial charge in [0.05, 0.1) is 19.8 Å². The first-order valence-corrected chi connectivity index (χ1v) is 9.18. The van der Waals surface area contributed by atoms with E-state index in [4.69, 9.17) is 4.74 Å². The Kier molecular flexibility index (Phi) is 5.18. The van der Waals surface area contributed by atoms with E-state index in [1.807, 2.05) is 30.3 Å². The molecule has 2 saturated heterocycles. The molecule has 2 fully saturated rings. The number of amides is 2. The number of thiazole rings is 1. The van der Waals surface area contributed by atoms with E-state index in [0.717, 1.165) is 44.2 Å². The van der Waals surface area contributed by atoms with Crippen molar-refractivity contribution in [2.75, 3.05) is 39.4 Å². The molecule has 0 aromatic carbocycles. The van der Waals surface area contributed by atoms with Gasteiger partial charge in [0.2, 0.25) is 0 Å². The van der Waals surface area contributed by atoms with Crippen LogP contribution in [0.1, 0.15) is 25.3 Å². The van der Waals surface area contributed by atoms with E-state index < -0.39 is 0 Å². The first-order chi connectivity index (χ1) is 11.1. The summed E-state index contributed by atoms with van der Waals surface area (Å²) in [5.41, 5.74) is 0.0576. The molecular formula is C16H26N4O2S. The molecule has 3 heterocycles. The summed E-state index contributed by atoms with van der Waals surface area (Å²) in [6, 6.07) is 0.191. The summed E-state index contributed by atoms with van der Waals surface area (Å²) in [6.45, 7) is 9.72. The van der Waals surface area contributed by atoms with Gasteiger partial charge < -0.3 is 15.0 Å². The molecule has 2 aliphatic rings. The second kappa shape index (κ2) is 7.15. The monoisotopic (exact) mass is 338 g/mol. The van der Waals surface area contributed by atoms with Crippen LogP contribution in [0.4, 0.5) is 4.79 Å². The average molecular weight is 338 g/mol. The van der Waals surface area contributed by atoms with Crippen molar-refractivity contribution in [1.82, 2.24) is 20.1 Å². The van der Waals surface area contributed by atoms with Crippen LogP contribution in [0.2, 0.25) is 0 Å². The lowest BCUT2D eigenvalue weighted by molar-refractivity contribution is 0.0714. The molecule has 1 unspecified atom stereocenters. The minimum absolute atomic E-state index is 0.0308. The number of ether oxygens (including phenoxy) is 1. The Balaban J connectivity index is 1.62. The van der Waals surface area contributed by atoms with E-state index >= 15 is 0 Å². The number of likely N-dealkylation sites (tertiary alicyclic amines) is 1. The molecule has 1 spiro atoms. The van der Waals surface area contributed by atoms with Crippen molar-refractivity contribution in [3.63, 3.8) is 0 Å². The first kappa shape index (κ1) is 16.7. The third-order valence-electron chi connectivity index (χ3n) is 4.50. The fourth-order valence-electron chi connectivity index (χ4n) is 3.44. The van der Waals surface area contributed by atoms with Crippen LogP contribution >= 0.6 is 11.3 Å². The Labute approximate surface area is 141 Å². The number of aromatic nitrogens is 1. The van der Waals surface area contributed by atoms with Crippen LogP contribution in [0.5, 0.6) is 0 Å². The molecule has 23 heavy (non-hydrogen) atoms. The number of carbonyl (C=O) groups is 1. The van der Waals surface area contributed by atoms with Crippen molar-refractivity contribution in [2.45, 2.75) is 32.9 Å². The second-order valence-electron chi connectivity index (χ2n) is 6.96. The summed E-state index contributed by atoms with van der Waals surface area (Å²) in [4.78, 5) is 21.1. The molecule has 2 aliphatic heterocycles. The number of urea groups is 1. The Morgan fingerprint density at radius 1 is 1.48 bits per heavy atom. The molecule has 0 saturated carbocycles. The van der Waals surface area contributed by atoms with Crippen LogP contribution in [0.15, 0.2) is 11.6 Å². The summed E-state index contributed by atoms with van der Waals surface area (Å²) < 4.78 is 5.84. The van der Waals surface area contributed by atoms with Crippen LogP contribution in [0.25, 0.3) is 0 Å². The normalized spacial score (nSPS) is 26.0. The van der Waals surface area contributed by atoms with Gasteiger partial charge in [-0.05, 0) is 26.8 Å². The highest BCUT2D eigenvalue weighted by Gasteiger charge is 2.42. The number of hydrogen-bond donors (Lipinski definition) is 1. The molecule has 1 N–H and O–H groups in total. The highest BCUT2D eigenvalue weighted by atomic mass is 32.1. The summed E-state index contributed by atoms with van der Waals surface area (Å²) in [7, 11) is 0. The zero-order valence-corrected chi connectivity index (χ0v) is 14.8. The average Bonchev–Trinajstić information content (AvgIpc) is 3.07. The van der Waals surface area contributed by atoms with Crippen LogP contribution in [-0.4, -0.2) is 66.2 Å². The molecule has 0 bridgehead atoms. The van der Waals surface area contributed by atoms with Gasteiger partial charge in [-0.25, -0.2) is 9.78 Å². The van der Waals surface area contributed by atoms with Crippen molar-refractivity contribution < 1.29 is 9.53 Å². The minimum Gasteiger partial charge on any atom is -0.379 e. The van der Waals surface area contributed by atoms with Gasteiger partial charge in [-0.3, -0.25) is 4.90 Å². The van der Waals surface area contributed by atoms with Gasteiger partial charge in [0.25, 0.3) is 0 Å². The van der Waals surface area contributed by atoms with Crippen LogP contribution in [0, 0.1) is 5.41 Å². The maximum atomic E-state index is 12.4. The predicted molar refractivity (Wildman–Crippen MR) is 90.5 cm³/mol. The number of nitrogens with one attached hydrogen (secondary N) is 1. The Hall–Kier alpha value is -1.18. The van der Waals surface area contributed by atoms with E-state index in [-0.39, 0.29) is 17.5 Å². The summed E-state index contributed by atoms with van der Waals surface area (Å²) in [5.74, 6) is 0. The smallest absolute Gasteiger partial charge is 0.317 e. The van der Waals surface area contributed by atoms with E-state index in [1.54, 1.807) is 11.3 Å². The molecule has 0 radical (unpaired) electrons. The highest BCUT2D eigenvalue weighted by molar-refractivity contribution is 7.09. The summed E-state index contributed by atoms with van der Waals surface area (Å²) in [6.07, 6.45) is 2.93. The quantitative estimate of drug-likeness (QED) is 0.913. The van der Waals surface area contributed by atoms with E-state index in [2.05, 4.69) is 15.2 Å². The molecule has 7 heteroatoms. The van der Waals surface area contributed by atoms with Crippen molar-refractivity contribution in [2.24, 2.45) is 5.41 Å². The molecule has 0 aliphatic carbocycles. The number of carbonyl (C=O) groups excluding carboxylic acids is 1. The molecular weight excluding hydrogens is 312 g/mol. The maximum absolute atomic E-state index is 12.4. The highest BCUT2D eigenvalue weighted by Crippen LogP contribution is 2.34. The van der Waals surface area contributed by atoms with Crippen molar-refractivity contribution in [3.05, 3.63) is 16.6 Å². The fraction of sp³-hybridized carbons (Fsp3) is 0.750. The second-order valence-corrected chi connectivity index (χ2v) is 7.94. The lowest BCUT2D eigenvalue weighted by Crippen LogP contribution is -2.48. The lowest BCUT2D eigenvalue weighted by Gasteiger charge is -2.32. The van der Waals surface area contributed by atoms with Gasteiger partial charge in [0, 0.05) is 42.7 Å². The van der Waals surface area contributed by atoms with Crippen LogP contribution < -0.4 is 5.32 Å². The summed E-state index contributed by atoms with van der Waals surface area (Å²) in [5, 5.41) is 6.18. The number of hydrogen-bond acceptors (Lipinski definition) is 5. The largest absolute Gasteiger partial charge is 0.379 e. The zero-order chi connectivity index (χ0) is 16.3. The van der Waals surface area contributed by atoms with Gasteiger partial charge in [0.1, 0.15) is 5.01 Å². The van der Waals surface area contributed by atoms with E-state index in [0.29, 0.717) is 13.2 Å². The zero-order valence-electron chi connectivity index (χ0n) is 14.0. The standard InChI is InChI=1S/C16H26N4O2S/c1-13(2)18-15(21)20-6-7-22-12-16(11-20)3-5-19(10-16)9-14-17-4-8-23-14/h4,8,13H,3,5-7,9-12H2,1-2H3,(H,18,21). The maximum Gasteiger partial charge on any atom is 0.317 e. The van der Waals surface area contributed by atoms with Crippen LogP contribution in [-0.2, 0) is 11.3 Å². The first-order valence-electron chi connectivity index (χ1n) is 8.30. The van der Waals surface area contributed by atoms with Crippen molar-refractivity contribution in [1.29, 1.82) is 0 Å².